The molecule has 1 aliphatic rings. The molecule has 2 aromatic carbocycles. The number of nitrogens with one attached hydrogen (secondary N) is 2. The third-order valence-corrected chi connectivity index (χ3v) is 5.53. The third-order valence-electron chi connectivity index (χ3n) is 4.94. The highest BCUT2D eigenvalue weighted by Gasteiger charge is 2.18. The Morgan fingerprint density at radius 2 is 1.74 bits per heavy atom. The van der Waals surface area contributed by atoms with Crippen LogP contribution < -0.4 is 10.0 Å². The molecule has 144 valence electrons. The lowest BCUT2D eigenvalue weighted by Crippen LogP contribution is -2.28. The molecule has 0 bridgehead atoms. The SMILES string of the molecule is Cc1ccc(NS(C)(=O)=O)c(C(=O)NC(C)c2ccc3c(c2)CCCC3)c1. The maximum atomic E-state index is 12.8. The van der Waals surface area contributed by atoms with Crippen molar-refractivity contribution in [3.05, 3.63) is 64.2 Å². The van der Waals surface area contributed by atoms with Crippen molar-refractivity contribution in [2.45, 2.75) is 45.6 Å². The average Bonchev–Trinajstić information content (AvgIpc) is 2.61. The molecular weight excluding hydrogens is 360 g/mol. The summed E-state index contributed by atoms with van der Waals surface area (Å²) in [4.78, 5) is 12.8. The largest absolute Gasteiger partial charge is 0.345 e. The molecule has 1 atom stereocenters. The van der Waals surface area contributed by atoms with Crippen LogP contribution in [0.15, 0.2) is 36.4 Å². The minimum absolute atomic E-state index is 0.170. The molecule has 0 saturated carbocycles. The van der Waals surface area contributed by atoms with Crippen LogP contribution in [0.25, 0.3) is 0 Å². The van der Waals surface area contributed by atoms with E-state index in [1.807, 2.05) is 13.8 Å². The number of benzene rings is 2. The zero-order valence-electron chi connectivity index (χ0n) is 16.0. The van der Waals surface area contributed by atoms with E-state index in [2.05, 4.69) is 28.2 Å². The van der Waals surface area contributed by atoms with E-state index in [9.17, 15) is 13.2 Å². The first-order chi connectivity index (χ1) is 12.7. The maximum absolute atomic E-state index is 12.8. The molecule has 2 N–H and O–H groups in total. The summed E-state index contributed by atoms with van der Waals surface area (Å²) in [6.07, 6.45) is 5.73. The van der Waals surface area contributed by atoms with Gasteiger partial charge in [-0.1, -0.05) is 29.8 Å². The van der Waals surface area contributed by atoms with Gasteiger partial charge in [0.2, 0.25) is 10.0 Å². The number of hydrogen-bond acceptors (Lipinski definition) is 3. The van der Waals surface area contributed by atoms with E-state index < -0.39 is 10.0 Å². The number of hydrogen-bond donors (Lipinski definition) is 2. The molecule has 1 amide bonds. The van der Waals surface area contributed by atoms with E-state index in [4.69, 9.17) is 0 Å². The van der Waals surface area contributed by atoms with Crippen molar-refractivity contribution in [1.29, 1.82) is 0 Å². The van der Waals surface area contributed by atoms with Crippen LogP contribution in [-0.4, -0.2) is 20.6 Å². The highest BCUT2D eigenvalue weighted by molar-refractivity contribution is 7.92. The van der Waals surface area contributed by atoms with E-state index >= 15 is 0 Å². The van der Waals surface area contributed by atoms with Crippen LogP contribution in [0.3, 0.4) is 0 Å². The fourth-order valence-corrected chi connectivity index (χ4v) is 4.09. The van der Waals surface area contributed by atoms with Crippen molar-refractivity contribution < 1.29 is 13.2 Å². The molecule has 1 unspecified atom stereocenters. The van der Waals surface area contributed by atoms with Gasteiger partial charge in [0.05, 0.1) is 23.5 Å². The Balaban J connectivity index is 1.81. The quantitative estimate of drug-likeness (QED) is 0.822. The zero-order valence-corrected chi connectivity index (χ0v) is 16.8. The van der Waals surface area contributed by atoms with Gasteiger partial charge in [-0.15, -0.1) is 0 Å². The van der Waals surface area contributed by atoms with Crippen molar-refractivity contribution in [2.24, 2.45) is 0 Å². The second kappa shape index (κ2) is 7.72. The fraction of sp³-hybridized carbons (Fsp3) is 0.381. The van der Waals surface area contributed by atoms with Crippen molar-refractivity contribution in [3.8, 4) is 0 Å². The van der Waals surface area contributed by atoms with Gasteiger partial charge >= 0.3 is 0 Å². The highest BCUT2D eigenvalue weighted by atomic mass is 32.2. The van der Waals surface area contributed by atoms with Crippen LogP contribution in [0.1, 0.15) is 58.4 Å². The molecule has 27 heavy (non-hydrogen) atoms. The summed E-state index contributed by atoms with van der Waals surface area (Å²) in [5.41, 5.74) is 5.34. The van der Waals surface area contributed by atoms with Gasteiger partial charge in [0.1, 0.15) is 0 Å². The predicted molar refractivity (Wildman–Crippen MR) is 109 cm³/mol. The number of carbonyl (C=O) groups is 1. The summed E-state index contributed by atoms with van der Waals surface area (Å²) in [6, 6.07) is 11.3. The first-order valence-electron chi connectivity index (χ1n) is 9.24. The zero-order chi connectivity index (χ0) is 19.6. The van der Waals surface area contributed by atoms with E-state index in [1.165, 1.54) is 24.0 Å². The molecule has 0 saturated heterocycles. The van der Waals surface area contributed by atoms with Crippen molar-refractivity contribution in [1.82, 2.24) is 5.32 Å². The smallest absolute Gasteiger partial charge is 0.253 e. The lowest BCUT2D eigenvalue weighted by molar-refractivity contribution is 0.0940. The van der Waals surface area contributed by atoms with Crippen molar-refractivity contribution in [2.75, 3.05) is 11.0 Å². The number of anilines is 1. The lowest BCUT2D eigenvalue weighted by Gasteiger charge is -2.20. The molecule has 6 heteroatoms. The summed E-state index contributed by atoms with van der Waals surface area (Å²) >= 11 is 0. The Bertz CT molecular complexity index is 967. The van der Waals surface area contributed by atoms with E-state index in [0.717, 1.165) is 30.2 Å². The highest BCUT2D eigenvalue weighted by Crippen LogP contribution is 2.25. The summed E-state index contributed by atoms with van der Waals surface area (Å²) in [5.74, 6) is -0.296. The summed E-state index contributed by atoms with van der Waals surface area (Å²) in [7, 11) is -3.47. The van der Waals surface area contributed by atoms with E-state index in [0.29, 0.717) is 11.3 Å². The van der Waals surface area contributed by atoms with E-state index in [1.54, 1.807) is 18.2 Å². The molecule has 0 fully saturated rings. The van der Waals surface area contributed by atoms with E-state index in [-0.39, 0.29) is 11.9 Å². The monoisotopic (exact) mass is 386 g/mol. The van der Waals surface area contributed by atoms with Gasteiger partial charge in [-0.25, -0.2) is 8.42 Å². The van der Waals surface area contributed by atoms with Crippen LogP contribution >= 0.6 is 0 Å². The molecule has 1 aliphatic carbocycles. The predicted octanol–water partition coefficient (Wildman–Crippen LogP) is 3.74. The normalized spacial score (nSPS) is 14.9. The van der Waals surface area contributed by atoms with Crippen LogP contribution in [0.2, 0.25) is 0 Å². The second-order valence-electron chi connectivity index (χ2n) is 7.35. The Morgan fingerprint density at radius 1 is 1.04 bits per heavy atom. The van der Waals surface area contributed by atoms with Gasteiger partial charge < -0.3 is 5.32 Å². The van der Waals surface area contributed by atoms with Crippen LogP contribution in [0, 0.1) is 6.92 Å². The van der Waals surface area contributed by atoms with Gasteiger partial charge in [-0.3, -0.25) is 9.52 Å². The van der Waals surface area contributed by atoms with Gasteiger partial charge in [-0.2, -0.15) is 0 Å². The summed E-state index contributed by atoms with van der Waals surface area (Å²) in [6.45, 7) is 3.82. The molecule has 2 aromatic rings. The summed E-state index contributed by atoms with van der Waals surface area (Å²) < 4.78 is 25.6. The fourth-order valence-electron chi connectivity index (χ4n) is 3.52. The number of fused-ring (bicyclic) bond motifs is 1. The Morgan fingerprint density at radius 3 is 2.44 bits per heavy atom. The number of rotatable bonds is 5. The van der Waals surface area contributed by atoms with Crippen LogP contribution in [0.4, 0.5) is 5.69 Å². The summed E-state index contributed by atoms with van der Waals surface area (Å²) in [5, 5.41) is 3.00. The molecule has 0 aliphatic heterocycles. The lowest BCUT2D eigenvalue weighted by atomic mass is 9.89. The maximum Gasteiger partial charge on any atom is 0.253 e. The minimum Gasteiger partial charge on any atom is -0.345 e. The van der Waals surface area contributed by atoms with Crippen molar-refractivity contribution in [3.63, 3.8) is 0 Å². The Kier molecular flexibility index (Phi) is 5.56. The third kappa shape index (κ3) is 4.89. The molecule has 0 spiro atoms. The second-order valence-corrected chi connectivity index (χ2v) is 9.10. The van der Waals surface area contributed by atoms with Crippen molar-refractivity contribution >= 4 is 21.6 Å². The molecular formula is C21H26N2O3S. The molecule has 3 rings (SSSR count). The van der Waals surface area contributed by atoms with Crippen LogP contribution in [0.5, 0.6) is 0 Å². The minimum atomic E-state index is -3.47. The van der Waals surface area contributed by atoms with Crippen LogP contribution in [-0.2, 0) is 22.9 Å². The number of carbonyl (C=O) groups excluding carboxylic acids is 1. The number of aryl methyl sites for hydroxylation is 3. The first kappa shape index (κ1) is 19.4. The Labute approximate surface area is 161 Å². The first-order valence-corrected chi connectivity index (χ1v) is 11.1. The molecule has 0 aromatic heterocycles. The average molecular weight is 387 g/mol. The Hall–Kier alpha value is -2.34. The number of sulfonamides is 1. The van der Waals surface area contributed by atoms with Gasteiger partial charge in [0, 0.05) is 0 Å². The van der Waals surface area contributed by atoms with Gasteiger partial charge in [0.15, 0.2) is 0 Å². The van der Waals surface area contributed by atoms with Gasteiger partial charge in [0.25, 0.3) is 5.91 Å². The van der Waals surface area contributed by atoms with Gasteiger partial charge in [-0.05, 0) is 68.4 Å². The molecule has 0 heterocycles. The topological polar surface area (TPSA) is 75.3 Å². The molecule has 0 radical (unpaired) electrons. The molecule has 5 nitrogen and oxygen atoms in total. The number of amides is 1. The standard InChI is InChI=1S/C21H26N2O3S/c1-14-8-11-20(23-27(3,25)26)19(12-14)21(24)22-15(2)17-10-9-16-6-4-5-7-18(16)13-17/h8-13,15,23H,4-7H2,1-3H3,(H,22,24).